The zero-order valence-corrected chi connectivity index (χ0v) is 14.9. The van der Waals surface area contributed by atoms with Gasteiger partial charge in [-0.1, -0.05) is 0 Å². The lowest BCUT2D eigenvalue weighted by Gasteiger charge is -2.18. The number of guanidine groups is 1. The Morgan fingerprint density at radius 2 is 2.00 bits per heavy atom. The molecule has 0 amide bonds. The highest BCUT2D eigenvalue weighted by molar-refractivity contribution is 5.79. The van der Waals surface area contributed by atoms with E-state index in [-0.39, 0.29) is 11.9 Å². The summed E-state index contributed by atoms with van der Waals surface area (Å²) in [5.74, 6) is 1.10. The topological polar surface area (TPSA) is 58.5 Å². The Morgan fingerprint density at radius 3 is 2.68 bits per heavy atom. The highest BCUT2D eigenvalue weighted by Gasteiger charge is 2.06. The van der Waals surface area contributed by atoms with Crippen molar-refractivity contribution in [2.75, 3.05) is 20.1 Å². The minimum Gasteiger partial charge on any atom is -0.489 e. The maximum absolute atomic E-state index is 12.9. The number of hydrogen-bond acceptors (Lipinski definition) is 3. The van der Waals surface area contributed by atoms with Crippen LogP contribution in [0.15, 0.2) is 47.7 Å². The molecule has 6 heteroatoms. The molecule has 1 atom stereocenters. The van der Waals surface area contributed by atoms with Gasteiger partial charge in [-0.25, -0.2) is 4.39 Å². The van der Waals surface area contributed by atoms with Gasteiger partial charge in [0.15, 0.2) is 5.96 Å². The second-order valence-corrected chi connectivity index (χ2v) is 5.81. The van der Waals surface area contributed by atoms with Crippen LogP contribution >= 0.6 is 0 Å². The Hall–Kier alpha value is -2.63. The van der Waals surface area contributed by atoms with Crippen LogP contribution in [0.25, 0.3) is 0 Å². The van der Waals surface area contributed by atoms with Gasteiger partial charge in [0.1, 0.15) is 17.7 Å². The van der Waals surface area contributed by atoms with Crippen LogP contribution in [0.1, 0.15) is 18.1 Å². The third-order valence-corrected chi connectivity index (χ3v) is 3.75. The first-order chi connectivity index (χ1) is 12.1. The third-order valence-electron chi connectivity index (χ3n) is 3.75. The zero-order valence-electron chi connectivity index (χ0n) is 14.9. The van der Waals surface area contributed by atoms with Gasteiger partial charge < -0.3 is 15.4 Å². The number of halogens is 1. The van der Waals surface area contributed by atoms with Crippen LogP contribution in [0.3, 0.4) is 0 Å². The van der Waals surface area contributed by atoms with Crippen LogP contribution in [0.4, 0.5) is 4.39 Å². The summed E-state index contributed by atoms with van der Waals surface area (Å²) in [6.45, 7) is 5.37. The summed E-state index contributed by atoms with van der Waals surface area (Å²) in [4.78, 5) is 8.31. The van der Waals surface area contributed by atoms with Crippen LogP contribution in [0, 0.1) is 12.7 Å². The lowest BCUT2D eigenvalue weighted by atomic mass is 10.1. The van der Waals surface area contributed by atoms with E-state index in [0.29, 0.717) is 12.3 Å². The predicted octanol–water partition coefficient (Wildman–Crippen LogP) is 2.70. The summed E-state index contributed by atoms with van der Waals surface area (Å²) < 4.78 is 18.6. The van der Waals surface area contributed by atoms with Crippen molar-refractivity contribution in [3.05, 3.63) is 59.7 Å². The highest BCUT2D eigenvalue weighted by Crippen LogP contribution is 2.12. The number of rotatable bonds is 7. The molecule has 1 aromatic carbocycles. The maximum atomic E-state index is 12.9. The Labute approximate surface area is 148 Å². The van der Waals surface area contributed by atoms with E-state index in [4.69, 9.17) is 4.74 Å². The summed E-state index contributed by atoms with van der Waals surface area (Å²) in [7, 11) is 1.73. The molecule has 5 nitrogen and oxygen atoms in total. The van der Waals surface area contributed by atoms with Gasteiger partial charge in [-0.05, 0) is 61.7 Å². The average Bonchev–Trinajstić information content (AvgIpc) is 2.61. The first-order valence-electron chi connectivity index (χ1n) is 8.34. The standard InChI is InChI=1S/C19H25FN4O/c1-14-12-22-10-8-16(14)9-11-23-19(21-3)24-13-15(2)25-18-6-4-17(20)5-7-18/h4-8,10,12,15H,9,11,13H2,1-3H3,(H2,21,23,24). The van der Waals surface area contributed by atoms with Gasteiger partial charge in [0.05, 0.1) is 6.54 Å². The molecule has 0 aliphatic heterocycles. The van der Waals surface area contributed by atoms with E-state index in [1.807, 2.05) is 25.4 Å². The molecule has 0 aliphatic rings. The van der Waals surface area contributed by atoms with Crippen LogP contribution in [0.2, 0.25) is 0 Å². The molecule has 134 valence electrons. The van der Waals surface area contributed by atoms with Gasteiger partial charge in [-0.2, -0.15) is 0 Å². The number of aryl methyl sites for hydroxylation is 1. The SMILES string of the molecule is CN=C(NCCc1ccncc1C)NCC(C)Oc1ccc(F)cc1. The average molecular weight is 344 g/mol. The molecular formula is C19H25FN4O. The number of hydrogen-bond donors (Lipinski definition) is 2. The molecular weight excluding hydrogens is 319 g/mol. The Bertz CT molecular complexity index is 688. The number of nitrogens with one attached hydrogen (secondary N) is 2. The Kier molecular flexibility index (Phi) is 7.19. The summed E-state index contributed by atoms with van der Waals surface area (Å²) in [6, 6.07) is 8.05. The smallest absolute Gasteiger partial charge is 0.191 e. The number of nitrogens with zero attached hydrogens (tertiary/aromatic N) is 2. The van der Waals surface area contributed by atoms with Crippen LogP contribution in [0.5, 0.6) is 5.75 Å². The van der Waals surface area contributed by atoms with Crippen molar-refractivity contribution in [2.45, 2.75) is 26.4 Å². The first kappa shape index (κ1) is 18.7. The number of benzene rings is 1. The maximum Gasteiger partial charge on any atom is 0.191 e. The van der Waals surface area contributed by atoms with E-state index in [1.165, 1.54) is 23.3 Å². The van der Waals surface area contributed by atoms with Crippen molar-refractivity contribution < 1.29 is 9.13 Å². The molecule has 25 heavy (non-hydrogen) atoms. The van der Waals surface area contributed by atoms with E-state index < -0.39 is 0 Å². The minimum absolute atomic E-state index is 0.0774. The van der Waals surface area contributed by atoms with Crippen LogP contribution in [-0.2, 0) is 6.42 Å². The van der Waals surface area contributed by atoms with Gasteiger partial charge in [0, 0.05) is 26.0 Å². The van der Waals surface area contributed by atoms with Gasteiger partial charge in [0.25, 0.3) is 0 Å². The summed E-state index contributed by atoms with van der Waals surface area (Å²) in [5.41, 5.74) is 2.46. The Morgan fingerprint density at radius 1 is 1.24 bits per heavy atom. The number of aromatic nitrogens is 1. The van der Waals surface area contributed by atoms with Crippen LogP contribution in [-0.4, -0.2) is 37.2 Å². The molecule has 1 heterocycles. The Balaban J connectivity index is 1.72. The first-order valence-corrected chi connectivity index (χ1v) is 8.34. The largest absolute Gasteiger partial charge is 0.489 e. The molecule has 0 saturated heterocycles. The molecule has 0 aliphatic carbocycles. The summed E-state index contributed by atoms with van der Waals surface area (Å²) in [5, 5.41) is 6.51. The van der Waals surface area contributed by atoms with Gasteiger partial charge in [-0.3, -0.25) is 9.98 Å². The van der Waals surface area contributed by atoms with Gasteiger partial charge >= 0.3 is 0 Å². The minimum atomic E-state index is -0.271. The van der Waals surface area contributed by atoms with Crippen molar-refractivity contribution in [3.8, 4) is 5.75 Å². The fourth-order valence-corrected chi connectivity index (χ4v) is 2.35. The second-order valence-electron chi connectivity index (χ2n) is 5.81. The van der Waals surface area contributed by atoms with E-state index in [2.05, 4.69) is 27.5 Å². The van der Waals surface area contributed by atoms with Crippen molar-refractivity contribution in [1.29, 1.82) is 0 Å². The molecule has 0 bridgehead atoms. The molecule has 2 rings (SSSR count). The van der Waals surface area contributed by atoms with Crippen molar-refractivity contribution in [3.63, 3.8) is 0 Å². The second kappa shape index (κ2) is 9.61. The molecule has 0 fully saturated rings. The lowest BCUT2D eigenvalue weighted by molar-refractivity contribution is 0.223. The van der Waals surface area contributed by atoms with Gasteiger partial charge in [-0.15, -0.1) is 0 Å². The number of ether oxygens (including phenoxy) is 1. The van der Waals surface area contributed by atoms with E-state index in [0.717, 1.165) is 18.9 Å². The fourth-order valence-electron chi connectivity index (χ4n) is 2.35. The van der Waals surface area contributed by atoms with E-state index >= 15 is 0 Å². The fraction of sp³-hybridized carbons (Fsp3) is 0.368. The molecule has 0 radical (unpaired) electrons. The molecule has 0 saturated carbocycles. The predicted molar refractivity (Wildman–Crippen MR) is 98.5 cm³/mol. The molecule has 1 aromatic heterocycles. The van der Waals surface area contributed by atoms with E-state index in [9.17, 15) is 4.39 Å². The molecule has 2 aromatic rings. The van der Waals surface area contributed by atoms with Crippen molar-refractivity contribution in [2.24, 2.45) is 4.99 Å². The zero-order chi connectivity index (χ0) is 18.1. The van der Waals surface area contributed by atoms with Crippen molar-refractivity contribution >= 4 is 5.96 Å². The number of pyridine rings is 1. The summed E-state index contributed by atoms with van der Waals surface area (Å²) in [6.07, 6.45) is 4.50. The summed E-state index contributed by atoms with van der Waals surface area (Å²) >= 11 is 0. The number of aliphatic imine (C=N–C) groups is 1. The highest BCUT2D eigenvalue weighted by atomic mass is 19.1. The van der Waals surface area contributed by atoms with E-state index in [1.54, 1.807) is 19.2 Å². The quantitative estimate of drug-likeness (QED) is 0.599. The lowest BCUT2D eigenvalue weighted by Crippen LogP contribution is -2.42. The molecule has 2 N–H and O–H groups in total. The van der Waals surface area contributed by atoms with Crippen LogP contribution < -0.4 is 15.4 Å². The third kappa shape index (κ3) is 6.41. The van der Waals surface area contributed by atoms with Crippen molar-refractivity contribution in [1.82, 2.24) is 15.6 Å². The normalized spacial score (nSPS) is 12.6. The monoisotopic (exact) mass is 344 g/mol. The molecule has 0 spiro atoms. The molecule has 1 unspecified atom stereocenters. The van der Waals surface area contributed by atoms with Gasteiger partial charge in [0.2, 0.25) is 0 Å².